The van der Waals surface area contributed by atoms with E-state index in [0.717, 1.165) is 22.3 Å². The molecule has 3 rings (SSSR count). The zero-order valence-corrected chi connectivity index (χ0v) is 13.3. The van der Waals surface area contributed by atoms with Gasteiger partial charge in [0.1, 0.15) is 0 Å². The molecule has 3 aromatic rings. The topological polar surface area (TPSA) is 62.2 Å². The highest BCUT2D eigenvalue weighted by molar-refractivity contribution is 6.30. The molecule has 0 saturated heterocycles. The van der Waals surface area contributed by atoms with Crippen LogP contribution in [0.25, 0.3) is 10.9 Å². The zero-order chi connectivity index (χ0) is 16.4. The smallest absolute Gasteiger partial charge is 0.307 e. The maximum absolute atomic E-state index is 11.2. The molecule has 23 heavy (non-hydrogen) atoms. The second kappa shape index (κ2) is 6.26. The molecule has 116 valence electrons. The summed E-state index contributed by atoms with van der Waals surface area (Å²) in [6.45, 7) is 1.83. The second-order valence-electron chi connectivity index (χ2n) is 5.27. The molecule has 0 fully saturated rings. The number of nitrogens with zero attached hydrogens (tertiary/aromatic N) is 1. The summed E-state index contributed by atoms with van der Waals surface area (Å²) >= 11 is 5.92. The van der Waals surface area contributed by atoms with Crippen LogP contribution in [0.5, 0.6) is 0 Å². The van der Waals surface area contributed by atoms with Gasteiger partial charge in [-0.05, 0) is 37.3 Å². The first kappa shape index (κ1) is 15.3. The fraction of sp³-hybridized carbons (Fsp3) is 0.111. The van der Waals surface area contributed by atoms with Crippen LogP contribution in [0.15, 0.2) is 48.5 Å². The minimum Gasteiger partial charge on any atom is -0.481 e. The summed E-state index contributed by atoms with van der Waals surface area (Å²) in [5.41, 5.74) is 3.85. The first-order valence-electron chi connectivity index (χ1n) is 7.17. The van der Waals surface area contributed by atoms with Gasteiger partial charge in [0.2, 0.25) is 0 Å². The van der Waals surface area contributed by atoms with Crippen LogP contribution < -0.4 is 5.32 Å². The Morgan fingerprint density at radius 3 is 2.57 bits per heavy atom. The van der Waals surface area contributed by atoms with Gasteiger partial charge in [-0.25, -0.2) is 0 Å². The number of benzene rings is 2. The summed E-state index contributed by atoms with van der Waals surface area (Å²) in [4.78, 5) is 15.8. The molecule has 0 unspecified atom stereocenters. The highest BCUT2D eigenvalue weighted by atomic mass is 35.5. The highest BCUT2D eigenvalue weighted by Gasteiger charge is 2.15. The molecule has 5 heteroatoms. The number of hydrogen-bond donors (Lipinski definition) is 2. The molecule has 0 saturated carbocycles. The summed E-state index contributed by atoms with van der Waals surface area (Å²) in [7, 11) is 0. The summed E-state index contributed by atoms with van der Waals surface area (Å²) in [6.07, 6.45) is -0.0837. The van der Waals surface area contributed by atoms with Gasteiger partial charge in [0.15, 0.2) is 0 Å². The number of carboxylic acids is 1. The Bertz CT molecular complexity index is 876. The van der Waals surface area contributed by atoms with E-state index in [4.69, 9.17) is 11.6 Å². The van der Waals surface area contributed by atoms with E-state index < -0.39 is 5.97 Å². The maximum atomic E-state index is 11.2. The molecule has 1 heterocycles. The molecule has 2 N–H and O–H groups in total. The van der Waals surface area contributed by atoms with Crippen molar-refractivity contribution in [2.45, 2.75) is 13.3 Å². The third-order valence-electron chi connectivity index (χ3n) is 3.64. The molecule has 0 atom stereocenters. The van der Waals surface area contributed by atoms with Gasteiger partial charge >= 0.3 is 5.97 Å². The van der Waals surface area contributed by atoms with Crippen LogP contribution in [0.4, 0.5) is 11.4 Å². The quantitative estimate of drug-likeness (QED) is 0.737. The SMILES string of the molecule is Cc1nc2ccccc2c(Nc2ccc(Cl)cc2)c1CC(=O)O. The van der Waals surface area contributed by atoms with Crippen LogP contribution in [0, 0.1) is 6.92 Å². The average Bonchev–Trinajstić information content (AvgIpc) is 2.52. The summed E-state index contributed by atoms with van der Waals surface area (Å²) < 4.78 is 0. The lowest BCUT2D eigenvalue weighted by molar-refractivity contribution is -0.136. The fourth-order valence-corrected chi connectivity index (χ4v) is 2.69. The monoisotopic (exact) mass is 326 g/mol. The number of rotatable bonds is 4. The van der Waals surface area contributed by atoms with Gasteiger partial charge in [-0.2, -0.15) is 0 Å². The van der Waals surface area contributed by atoms with Crippen LogP contribution in [0.3, 0.4) is 0 Å². The Balaban J connectivity index is 2.17. The van der Waals surface area contributed by atoms with Crippen molar-refractivity contribution in [2.24, 2.45) is 0 Å². The number of carbonyl (C=O) groups is 1. The van der Waals surface area contributed by atoms with E-state index in [0.29, 0.717) is 16.3 Å². The van der Waals surface area contributed by atoms with E-state index in [-0.39, 0.29) is 6.42 Å². The Kier molecular flexibility index (Phi) is 4.17. The molecular weight excluding hydrogens is 312 g/mol. The lowest BCUT2D eigenvalue weighted by atomic mass is 10.0. The van der Waals surface area contributed by atoms with E-state index in [1.54, 1.807) is 12.1 Å². The number of aromatic nitrogens is 1. The Hall–Kier alpha value is -2.59. The molecule has 0 radical (unpaired) electrons. The fourth-order valence-electron chi connectivity index (χ4n) is 2.56. The molecule has 0 aliphatic heterocycles. The molecule has 0 aliphatic rings. The van der Waals surface area contributed by atoms with E-state index in [1.807, 2.05) is 43.3 Å². The number of halogens is 1. The van der Waals surface area contributed by atoms with Crippen molar-refractivity contribution >= 4 is 39.8 Å². The van der Waals surface area contributed by atoms with E-state index in [9.17, 15) is 9.90 Å². The molecule has 1 aromatic heterocycles. The van der Waals surface area contributed by atoms with E-state index >= 15 is 0 Å². The van der Waals surface area contributed by atoms with Crippen molar-refractivity contribution in [3.8, 4) is 0 Å². The number of fused-ring (bicyclic) bond motifs is 1. The van der Waals surface area contributed by atoms with Crippen molar-refractivity contribution in [3.63, 3.8) is 0 Å². The first-order chi connectivity index (χ1) is 11.0. The summed E-state index contributed by atoms with van der Waals surface area (Å²) in [5.74, 6) is -0.885. The Morgan fingerprint density at radius 2 is 1.87 bits per heavy atom. The minimum atomic E-state index is -0.885. The maximum Gasteiger partial charge on any atom is 0.307 e. The van der Waals surface area contributed by atoms with Gasteiger partial charge in [-0.15, -0.1) is 0 Å². The second-order valence-corrected chi connectivity index (χ2v) is 5.71. The average molecular weight is 327 g/mol. The largest absolute Gasteiger partial charge is 0.481 e. The van der Waals surface area contributed by atoms with Gasteiger partial charge in [0, 0.05) is 27.4 Å². The van der Waals surface area contributed by atoms with Crippen molar-refractivity contribution in [2.75, 3.05) is 5.32 Å². The number of anilines is 2. The molecule has 0 bridgehead atoms. The normalized spacial score (nSPS) is 10.7. The molecule has 2 aromatic carbocycles. The third kappa shape index (κ3) is 3.27. The van der Waals surface area contributed by atoms with Crippen molar-refractivity contribution < 1.29 is 9.90 Å². The summed E-state index contributed by atoms with van der Waals surface area (Å²) in [6, 6.07) is 15.0. The van der Waals surface area contributed by atoms with Crippen molar-refractivity contribution in [1.29, 1.82) is 0 Å². The number of para-hydroxylation sites is 1. The number of pyridine rings is 1. The number of nitrogens with one attached hydrogen (secondary N) is 1. The standard InChI is InChI=1S/C18H15ClN2O2/c1-11-15(10-17(22)23)18(14-4-2-3-5-16(14)20-11)21-13-8-6-12(19)7-9-13/h2-9H,10H2,1H3,(H,20,21)(H,22,23). The molecular formula is C18H15ClN2O2. The lowest BCUT2D eigenvalue weighted by Gasteiger charge is -2.16. The van der Waals surface area contributed by atoms with Crippen LogP contribution in [0.1, 0.15) is 11.3 Å². The number of carboxylic acid groups (broad SMARTS) is 1. The van der Waals surface area contributed by atoms with Crippen LogP contribution >= 0.6 is 11.6 Å². The van der Waals surface area contributed by atoms with Crippen LogP contribution in [0.2, 0.25) is 5.02 Å². The molecule has 0 spiro atoms. The number of aliphatic carboxylic acids is 1. The van der Waals surface area contributed by atoms with Gasteiger partial charge in [-0.3, -0.25) is 9.78 Å². The predicted molar refractivity (Wildman–Crippen MR) is 92.6 cm³/mol. The van der Waals surface area contributed by atoms with Crippen molar-refractivity contribution in [3.05, 3.63) is 64.8 Å². The van der Waals surface area contributed by atoms with Crippen molar-refractivity contribution in [1.82, 2.24) is 4.98 Å². The molecule has 0 amide bonds. The highest BCUT2D eigenvalue weighted by Crippen LogP contribution is 2.31. The van der Waals surface area contributed by atoms with Crippen LogP contribution in [-0.2, 0) is 11.2 Å². The third-order valence-corrected chi connectivity index (χ3v) is 3.89. The van der Waals surface area contributed by atoms with Gasteiger partial charge in [0.05, 0.1) is 17.6 Å². The number of hydrogen-bond acceptors (Lipinski definition) is 3. The Morgan fingerprint density at radius 1 is 1.17 bits per heavy atom. The van der Waals surface area contributed by atoms with E-state index in [1.165, 1.54) is 0 Å². The Labute approximate surface area is 138 Å². The van der Waals surface area contributed by atoms with Gasteiger partial charge in [0.25, 0.3) is 0 Å². The molecule has 0 aliphatic carbocycles. The molecule has 4 nitrogen and oxygen atoms in total. The lowest BCUT2D eigenvalue weighted by Crippen LogP contribution is -2.08. The zero-order valence-electron chi connectivity index (χ0n) is 12.5. The first-order valence-corrected chi connectivity index (χ1v) is 7.55. The van der Waals surface area contributed by atoms with Gasteiger partial charge in [-0.1, -0.05) is 29.8 Å². The summed E-state index contributed by atoms with van der Waals surface area (Å²) in [5, 5.41) is 14.1. The predicted octanol–water partition coefficient (Wildman–Crippen LogP) is 4.57. The van der Waals surface area contributed by atoms with Crippen LogP contribution in [-0.4, -0.2) is 16.1 Å². The van der Waals surface area contributed by atoms with E-state index in [2.05, 4.69) is 10.3 Å². The van der Waals surface area contributed by atoms with Gasteiger partial charge < -0.3 is 10.4 Å². The number of aryl methyl sites for hydroxylation is 1. The minimum absolute atomic E-state index is 0.0837.